The first-order chi connectivity index (χ1) is 8.54. The minimum atomic E-state index is -0.424. The van der Waals surface area contributed by atoms with E-state index in [0.717, 1.165) is 25.9 Å². The number of hydrogen-bond acceptors (Lipinski definition) is 4. The minimum Gasteiger partial charge on any atom is -0.409 e. The summed E-state index contributed by atoms with van der Waals surface area (Å²) < 4.78 is 5.46. The Labute approximate surface area is 108 Å². The van der Waals surface area contributed by atoms with Crippen LogP contribution in [0.2, 0.25) is 0 Å². The molecule has 0 spiro atoms. The third-order valence-electron chi connectivity index (χ3n) is 3.13. The van der Waals surface area contributed by atoms with Crippen LogP contribution in [0.1, 0.15) is 39.5 Å². The zero-order valence-electron chi connectivity index (χ0n) is 11.1. The molecule has 0 aromatic rings. The van der Waals surface area contributed by atoms with Gasteiger partial charge in [-0.2, -0.15) is 0 Å². The molecule has 6 nitrogen and oxygen atoms in total. The van der Waals surface area contributed by atoms with E-state index in [0.29, 0.717) is 6.42 Å². The second-order valence-electron chi connectivity index (χ2n) is 4.99. The summed E-state index contributed by atoms with van der Waals surface area (Å²) in [5.41, 5.74) is 5.55. The van der Waals surface area contributed by atoms with Crippen molar-refractivity contribution in [2.24, 2.45) is 16.8 Å². The maximum atomic E-state index is 11.8. The molecule has 1 amide bonds. The Hall–Kier alpha value is -1.30. The van der Waals surface area contributed by atoms with Gasteiger partial charge in [0.1, 0.15) is 0 Å². The Morgan fingerprint density at radius 2 is 2.33 bits per heavy atom. The standard InChI is InChI=1S/C12H23N3O3/c1-8(2)11(12(13)15-17)14-10(16)6-5-9-4-3-7-18-9/h8-9,11,17H,3-7H2,1-2H3,(H2,13,15)(H,14,16). The second kappa shape index (κ2) is 7.20. The van der Waals surface area contributed by atoms with Gasteiger partial charge in [-0.1, -0.05) is 19.0 Å². The highest BCUT2D eigenvalue weighted by atomic mass is 16.5. The molecule has 1 heterocycles. The number of oxime groups is 1. The fourth-order valence-electron chi connectivity index (χ4n) is 2.05. The Bertz CT molecular complexity index is 299. The first-order valence-corrected chi connectivity index (χ1v) is 6.43. The average Bonchev–Trinajstić information content (AvgIpc) is 2.85. The number of rotatable bonds is 6. The van der Waals surface area contributed by atoms with Crippen molar-refractivity contribution in [3.63, 3.8) is 0 Å². The average molecular weight is 257 g/mol. The molecule has 0 aromatic carbocycles. The lowest BCUT2D eigenvalue weighted by Crippen LogP contribution is -2.47. The molecule has 104 valence electrons. The molecule has 2 atom stereocenters. The highest BCUT2D eigenvalue weighted by molar-refractivity contribution is 5.90. The first-order valence-electron chi connectivity index (χ1n) is 6.43. The first kappa shape index (κ1) is 14.8. The Balaban J connectivity index is 2.36. The largest absolute Gasteiger partial charge is 0.409 e. The van der Waals surface area contributed by atoms with Crippen molar-refractivity contribution in [2.45, 2.75) is 51.7 Å². The van der Waals surface area contributed by atoms with Crippen LogP contribution in [0.5, 0.6) is 0 Å². The molecule has 1 aliphatic heterocycles. The predicted molar refractivity (Wildman–Crippen MR) is 68.4 cm³/mol. The van der Waals surface area contributed by atoms with E-state index in [1.807, 2.05) is 13.8 Å². The zero-order valence-corrected chi connectivity index (χ0v) is 11.1. The molecule has 0 saturated carbocycles. The van der Waals surface area contributed by atoms with E-state index in [1.54, 1.807) is 0 Å². The number of ether oxygens (including phenoxy) is 1. The molecule has 2 unspecified atom stereocenters. The SMILES string of the molecule is CC(C)C(NC(=O)CCC1CCCO1)C(N)=NO. The van der Waals surface area contributed by atoms with Crippen LogP contribution in [-0.4, -0.2) is 35.7 Å². The van der Waals surface area contributed by atoms with Crippen LogP contribution in [0.3, 0.4) is 0 Å². The van der Waals surface area contributed by atoms with Gasteiger partial charge in [-0.15, -0.1) is 0 Å². The fraction of sp³-hybridized carbons (Fsp3) is 0.833. The van der Waals surface area contributed by atoms with Crippen molar-refractivity contribution >= 4 is 11.7 Å². The minimum absolute atomic E-state index is 0.0375. The Kier molecular flexibility index (Phi) is 5.91. The van der Waals surface area contributed by atoms with Crippen LogP contribution in [0, 0.1) is 5.92 Å². The van der Waals surface area contributed by atoms with Gasteiger partial charge in [0.2, 0.25) is 5.91 Å². The summed E-state index contributed by atoms with van der Waals surface area (Å²) in [5.74, 6) is 0.0267. The summed E-state index contributed by atoms with van der Waals surface area (Å²) in [6.45, 7) is 4.61. The summed E-state index contributed by atoms with van der Waals surface area (Å²) in [6, 6.07) is -0.424. The van der Waals surface area contributed by atoms with Crippen molar-refractivity contribution in [1.29, 1.82) is 0 Å². The predicted octanol–water partition coefficient (Wildman–Crippen LogP) is 0.833. The lowest BCUT2D eigenvalue weighted by Gasteiger charge is -2.21. The number of amidine groups is 1. The molecule has 1 aliphatic rings. The van der Waals surface area contributed by atoms with E-state index in [4.69, 9.17) is 15.7 Å². The van der Waals surface area contributed by atoms with E-state index in [1.165, 1.54) is 0 Å². The summed E-state index contributed by atoms with van der Waals surface area (Å²) in [4.78, 5) is 11.8. The van der Waals surface area contributed by atoms with Crippen LogP contribution < -0.4 is 11.1 Å². The number of carbonyl (C=O) groups excluding carboxylic acids is 1. The molecule has 1 fully saturated rings. The molecule has 0 aromatic heterocycles. The quantitative estimate of drug-likeness (QED) is 0.284. The van der Waals surface area contributed by atoms with Crippen LogP contribution in [0.25, 0.3) is 0 Å². The third kappa shape index (κ3) is 4.52. The molecule has 6 heteroatoms. The molecule has 0 aliphatic carbocycles. The molecule has 0 radical (unpaired) electrons. The van der Waals surface area contributed by atoms with Crippen molar-refractivity contribution in [2.75, 3.05) is 6.61 Å². The van der Waals surface area contributed by atoms with Crippen molar-refractivity contribution in [1.82, 2.24) is 5.32 Å². The fourth-order valence-corrected chi connectivity index (χ4v) is 2.05. The van der Waals surface area contributed by atoms with Crippen LogP contribution >= 0.6 is 0 Å². The highest BCUT2D eigenvalue weighted by Crippen LogP contribution is 2.16. The van der Waals surface area contributed by atoms with Gasteiger partial charge in [-0.25, -0.2) is 0 Å². The van der Waals surface area contributed by atoms with Gasteiger partial charge in [0.25, 0.3) is 0 Å². The van der Waals surface area contributed by atoms with Gasteiger partial charge in [0.15, 0.2) is 5.84 Å². The number of carbonyl (C=O) groups is 1. The topological polar surface area (TPSA) is 96.9 Å². The van der Waals surface area contributed by atoms with E-state index < -0.39 is 6.04 Å². The number of nitrogens with one attached hydrogen (secondary N) is 1. The van der Waals surface area contributed by atoms with Crippen LogP contribution in [-0.2, 0) is 9.53 Å². The molecular weight excluding hydrogens is 234 g/mol. The normalized spacial score (nSPS) is 22.2. The zero-order chi connectivity index (χ0) is 13.5. The van der Waals surface area contributed by atoms with Crippen molar-refractivity contribution < 1.29 is 14.7 Å². The van der Waals surface area contributed by atoms with Gasteiger partial charge in [0, 0.05) is 13.0 Å². The lowest BCUT2D eigenvalue weighted by molar-refractivity contribution is -0.122. The van der Waals surface area contributed by atoms with E-state index >= 15 is 0 Å². The van der Waals surface area contributed by atoms with Gasteiger partial charge in [-0.3, -0.25) is 4.79 Å². The highest BCUT2D eigenvalue weighted by Gasteiger charge is 2.22. The maximum Gasteiger partial charge on any atom is 0.220 e. The Morgan fingerprint density at radius 3 is 2.83 bits per heavy atom. The summed E-state index contributed by atoms with van der Waals surface area (Å²) in [5, 5.41) is 14.4. The van der Waals surface area contributed by atoms with Crippen LogP contribution in [0.4, 0.5) is 0 Å². The monoisotopic (exact) mass is 257 g/mol. The number of amides is 1. The number of nitrogens with zero attached hydrogens (tertiary/aromatic N) is 1. The Morgan fingerprint density at radius 1 is 1.61 bits per heavy atom. The van der Waals surface area contributed by atoms with E-state index in [-0.39, 0.29) is 23.8 Å². The second-order valence-corrected chi connectivity index (χ2v) is 4.99. The molecule has 1 saturated heterocycles. The molecule has 0 bridgehead atoms. The smallest absolute Gasteiger partial charge is 0.220 e. The molecule has 1 rings (SSSR count). The van der Waals surface area contributed by atoms with Crippen molar-refractivity contribution in [3.05, 3.63) is 0 Å². The van der Waals surface area contributed by atoms with Crippen LogP contribution in [0.15, 0.2) is 5.16 Å². The summed E-state index contributed by atoms with van der Waals surface area (Å²) in [7, 11) is 0. The third-order valence-corrected chi connectivity index (χ3v) is 3.13. The van der Waals surface area contributed by atoms with Gasteiger partial charge in [0.05, 0.1) is 12.1 Å². The maximum absolute atomic E-state index is 11.8. The summed E-state index contributed by atoms with van der Waals surface area (Å²) in [6.07, 6.45) is 3.45. The summed E-state index contributed by atoms with van der Waals surface area (Å²) >= 11 is 0. The lowest BCUT2D eigenvalue weighted by atomic mass is 10.0. The van der Waals surface area contributed by atoms with E-state index in [2.05, 4.69) is 10.5 Å². The van der Waals surface area contributed by atoms with Crippen molar-refractivity contribution in [3.8, 4) is 0 Å². The molecule has 4 N–H and O–H groups in total. The van der Waals surface area contributed by atoms with Gasteiger partial charge in [-0.05, 0) is 25.2 Å². The van der Waals surface area contributed by atoms with Gasteiger partial charge >= 0.3 is 0 Å². The molecule has 18 heavy (non-hydrogen) atoms. The van der Waals surface area contributed by atoms with E-state index in [9.17, 15) is 4.79 Å². The molecular formula is C12H23N3O3. The number of hydrogen-bond donors (Lipinski definition) is 3. The number of nitrogens with two attached hydrogens (primary N) is 1. The van der Waals surface area contributed by atoms with Gasteiger partial charge < -0.3 is 21.0 Å².